The van der Waals surface area contributed by atoms with E-state index in [2.05, 4.69) is 34.2 Å². The van der Waals surface area contributed by atoms with Crippen LogP contribution in [-0.4, -0.2) is 13.0 Å². The number of amides is 1. The molecule has 3 N–H and O–H groups in total. The number of hydrogen-bond donors (Lipinski definition) is 2. The fourth-order valence-corrected chi connectivity index (χ4v) is 3.29. The van der Waals surface area contributed by atoms with Crippen molar-refractivity contribution in [3.05, 3.63) is 44.6 Å². The first kappa shape index (κ1) is 14.9. The predicted molar refractivity (Wildman–Crippen MR) is 85.6 cm³/mol. The zero-order chi connectivity index (χ0) is 14.7. The number of primary amides is 1. The molecular weight excluding hydrogens is 340 g/mol. The molecule has 1 heterocycles. The van der Waals surface area contributed by atoms with Crippen LogP contribution >= 0.6 is 27.3 Å². The predicted octanol–water partition coefficient (Wildman–Crippen LogP) is 3.79. The van der Waals surface area contributed by atoms with Crippen molar-refractivity contribution in [1.29, 1.82) is 0 Å². The molecule has 0 spiro atoms. The van der Waals surface area contributed by atoms with Gasteiger partial charge in [0.05, 0.1) is 18.8 Å². The number of anilines is 1. The largest absolute Gasteiger partial charge is 0.495 e. The van der Waals surface area contributed by atoms with Crippen LogP contribution < -0.4 is 15.8 Å². The van der Waals surface area contributed by atoms with E-state index >= 15 is 0 Å². The first-order valence-corrected chi connectivity index (χ1v) is 7.67. The van der Waals surface area contributed by atoms with Gasteiger partial charge >= 0.3 is 0 Å². The third-order valence-corrected chi connectivity index (χ3v) is 4.75. The molecule has 0 saturated heterocycles. The first-order chi connectivity index (χ1) is 9.51. The average Bonchev–Trinajstić information content (AvgIpc) is 2.85. The van der Waals surface area contributed by atoms with E-state index in [1.54, 1.807) is 36.6 Å². The Morgan fingerprint density at radius 3 is 2.75 bits per heavy atom. The fourth-order valence-electron chi connectivity index (χ4n) is 1.83. The number of nitrogens with two attached hydrogens (primary N) is 1. The van der Waals surface area contributed by atoms with Crippen LogP contribution in [0.3, 0.4) is 0 Å². The summed E-state index contributed by atoms with van der Waals surface area (Å²) in [5, 5.41) is 5.38. The Kier molecular flexibility index (Phi) is 4.67. The monoisotopic (exact) mass is 354 g/mol. The van der Waals surface area contributed by atoms with Crippen molar-refractivity contribution in [1.82, 2.24) is 0 Å². The summed E-state index contributed by atoms with van der Waals surface area (Å²) in [4.78, 5) is 12.4. The van der Waals surface area contributed by atoms with Gasteiger partial charge in [0.15, 0.2) is 0 Å². The van der Waals surface area contributed by atoms with Gasteiger partial charge in [0.1, 0.15) is 5.75 Å². The third-order valence-electron chi connectivity index (χ3n) is 2.87. The number of rotatable bonds is 5. The van der Waals surface area contributed by atoms with Crippen LogP contribution in [0, 0.1) is 0 Å². The topological polar surface area (TPSA) is 64.3 Å². The Bertz CT molecular complexity index is 627. The molecule has 106 valence electrons. The van der Waals surface area contributed by atoms with Gasteiger partial charge in [0.2, 0.25) is 5.91 Å². The summed E-state index contributed by atoms with van der Waals surface area (Å²) in [6, 6.07) is 7.26. The van der Waals surface area contributed by atoms with Gasteiger partial charge in [-0.05, 0) is 47.1 Å². The van der Waals surface area contributed by atoms with Crippen LogP contribution in [0.4, 0.5) is 5.69 Å². The van der Waals surface area contributed by atoms with Gasteiger partial charge in [0.25, 0.3) is 0 Å². The van der Waals surface area contributed by atoms with Crippen LogP contribution in [0.2, 0.25) is 0 Å². The summed E-state index contributed by atoms with van der Waals surface area (Å²) < 4.78 is 6.36. The maximum Gasteiger partial charge on any atom is 0.248 e. The number of carbonyl (C=O) groups excluding carboxylic acids is 1. The van der Waals surface area contributed by atoms with Crippen molar-refractivity contribution in [2.75, 3.05) is 12.4 Å². The van der Waals surface area contributed by atoms with Gasteiger partial charge < -0.3 is 15.8 Å². The molecule has 0 bridgehead atoms. The standard InChI is InChI=1S/C14H15BrN2O2S/c1-8(13-6-10(15)7-20-13)17-11-5-9(14(16)18)3-4-12(11)19-2/h3-8,17H,1-2H3,(H2,16,18). The van der Waals surface area contributed by atoms with Crippen molar-refractivity contribution in [2.45, 2.75) is 13.0 Å². The van der Waals surface area contributed by atoms with Crippen LogP contribution in [0.25, 0.3) is 0 Å². The number of halogens is 1. The Morgan fingerprint density at radius 1 is 1.45 bits per heavy atom. The molecular formula is C14H15BrN2O2S. The van der Waals surface area contributed by atoms with E-state index in [-0.39, 0.29) is 6.04 Å². The summed E-state index contributed by atoms with van der Waals surface area (Å²) in [7, 11) is 1.59. The number of thiophene rings is 1. The highest BCUT2D eigenvalue weighted by molar-refractivity contribution is 9.10. The number of hydrogen-bond acceptors (Lipinski definition) is 4. The van der Waals surface area contributed by atoms with Gasteiger partial charge in [0, 0.05) is 20.3 Å². The minimum atomic E-state index is -0.456. The van der Waals surface area contributed by atoms with Crippen molar-refractivity contribution < 1.29 is 9.53 Å². The van der Waals surface area contributed by atoms with Crippen molar-refractivity contribution in [3.63, 3.8) is 0 Å². The molecule has 0 radical (unpaired) electrons. The smallest absolute Gasteiger partial charge is 0.248 e. The van der Waals surface area contributed by atoms with E-state index in [9.17, 15) is 4.79 Å². The zero-order valence-corrected chi connectivity index (χ0v) is 13.5. The van der Waals surface area contributed by atoms with Gasteiger partial charge in [-0.15, -0.1) is 11.3 Å². The zero-order valence-electron chi connectivity index (χ0n) is 11.1. The second-order valence-corrected chi connectivity index (χ2v) is 6.17. The molecule has 1 unspecified atom stereocenters. The molecule has 0 saturated carbocycles. The minimum Gasteiger partial charge on any atom is -0.495 e. The number of methoxy groups -OCH3 is 1. The number of ether oxygens (including phenoxy) is 1. The van der Waals surface area contributed by atoms with Crippen LogP contribution in [0.5, 0.6) is 5.75 Å². The summed E-state index contributed by atoms with van der Waals surface area (Å²) >= 11 is 5.10. The average molecular weight is 355 g/mol. The molecule has 0 aliphatic carbocycles. The van der Waals surface area contributed by atoms with Crippen LogP contribution in [0.1, 0.15) is 28.2 Å². The maximum atomic E-state index is 11.3. The van der Waals surface area contributed by atoms with E-state index in [0.717, 1.165) is 10.2 Å². The Balaban J connectivity index is 2.27. The normalized spacial score (nSPS) is 11.9. The van der Waals surface area contributed by atoms with E-state index < -0.39 is 5.91 Å². The lowest BCUT2D eigenvalue weighted by atomic mass is 10.1. The summed E-state index contributed by atoms with van der Waals surface area (Å²) in [6.07, 6.45) is 0. The highest BCUT2D eigenvalue weighted by Gasteiger charge is 2.13. The lowest BCUT2D eigenvalue weighted by Crippen LogP contribution is -2.12. The Labute approximate surface area is 130 Å². The molecule has 0 aliphatic heterocycles. The molecule has 1 aromatic heterocycles. The van der Waals surface area contributed by atoms with E-state index in [4.69, 9.17) is 10.5 Å². The quantitative estimate of drug-likeness (QED) is 0.858. The maximum absolute atomic E-state index is 11.3. The Morgan fingerprint density at radius 2 is 2.20 bits per heavy atom. The lowest BCUT2D eigenvalue weighted by molar-refractivity contribution is 0.100. The van der Waals surface area contributed by atoms with Crippen molar-refractivity contribution >= 4 is 38.9 Å². The highest BCUT2D eigenvalue weighted by atomic mass is 79.9. The van der Waals surface area contributed by atoms with Gasteiger partial charge in [-0.2, -0.15) is 0 Å². The van der Waals surface area contributed by atoms with Crippen LogP contribution in [0.15, 0.2) is 34.1 Å². The second-order valence-electron chi connectivity index (χ2n) is 4.31. The van der Waals surface area contributed by atoms with Gasteiger partial charge in [-0.3, -0.25) is 4.79 Å². The SMILES string of the molecule is COc1ccc(C(N)=O)cc1NC(C)c1cc(Br)cs1. The third kappa shape index (κ3) is 3.32. The Hall–Kier alpha value is -1.53. The van der Waals surface area contributed by atoms with Crippen molar-refractivity contribution in [2.24, 2.45) is 5.73 Å². The lowest BCUT2D eigenvalue weighted by Gasteiger charge is -2.17. The molecule has 20 heavy (non-hydrogen) atoms. The summed E-state index contributed by atoms with van der Waals surface area (Å²) in [5.41, 5.74) is 6.51. The van der Waals surface area contributed by atoms with Crippen LogP contribution in [-0.2, 0) is 0 Å². The summed E-state index contributed by atoms with van der Waals surface area (Å²) in [6.45, 7) is 2.05. The van der Waals surface area contributed by atoms with Crippen molar-refractivity contribution in [3.8, 4) is 5.75 Å². The van der Waals surface area contributed by atoms with E-state index in [1.165, 1.54) is 4.88 Å². The van der Waals surface area contributed by atoms with E-state index in [1.807, 2.05) is 5.38 Å². The molecule has 6 heteroatoms. The fraction of sp³-hybridized carbons (Fsp3) is 0.214. The second kappa shape index (κ2) is 6.28. The first-order valence-electron chi connectivity index (χ1n) is 5.99. The van der Waals surface area contributed by atoms with Gasteiger partial charge in [-0.1, -0.05) is 0 Å². The van der Waals surface area contributed by atoms with E-state index in [0.29, 0.717) is 11.3 Å². The molecule has 1 aromatic carbocycles. The number of nitrogens with one attached hydrogen (secondary N) is 1. The minimum absolute atomic E-state index is 0.100. The molecule has 2 aromatic rings. The molecule has 2 rings (SSSR count). The molecule has 0 fully saturated rings. The molecule has 0 aliphatic rings. The molecule has 1 atom stereocenters. The number of carbonyl (C=O) groups is 1. The highest BCUT2D eigenvalue weighted by Crippen LogP contribution is 2.32. The number of benzene rings is 1. The van der Waals surface area contributed by atoms with Gasteiger partial charge in [-0.25, -0.2) is 0 Å². The molecule has 4 nitrogen and oxygen atoms in total. The summed E-state index contributed by atoms with van der Waals surface area (Å²) in [5.74, 6) is 0.222. The molecule has 1 amide bonds.